The fourth-order valence-electron chi connectivity index (χ4n) is 2.83. The molecule has 0 aliphatic carbocycles. The monoisotopic (exact) mass is 350 g/mol. The lowest BCUT2D eigenvalue weighted by Gasteiger charge is -2.13. The molecule has 3 N–H and O–H groups in total. The van der Waals surface area contributed by atoms with Crippen LogP contribution in [0, 0.1) is 12.8 Å². The maximum absolute atomic E-state index is 12.9. The first kappa shape index (κ1) is 17.7. The number of aromatic nitrogens is 2. The van der Waals surface area contributed by atoms with Gasteiger partial charge in [0.1, 0.15) is 0 Å². The molecule has 134 valence electrons. The Bertz CT molecular complexity index is 1040. The molecule has 2 aromatic carbocycles. The zero-order valence-electron chi connectivity index (χ0n) is 15.1. The SMILES string of the molecule is Cc1ccc(N)cc1NC(=O)c1nn(CC(C)C)c(=O)c2ccccc12. The molecule has 0 fully saturated rings. The number of fused-ring (bicyclic) bond motifs is 1. The van der Waals surface area contributed by atoms with Gasteiger partial charge < -0.3 is 11.1 Å². The van der Waals surface area contributed by atoms with E-state index in [1.165, 1.54) is 4.68 Å². The molecule has 0 saturated heterocycles. The molecule has 0 spiro atoms. The average molecular weight is 350 g/mol. The highest BCUT2D eigenvalue weighted by Gasteiger charge is 2.18. The third kappa shape index (κ3) is 3.44. The Morgan fingerprint density at radius 1 is 1.19 bits per heavy atom. The number of nitrogens with zero attached hydrogens (tertiary/aromatic N) is 2. The Morgan fingerprint density at radius 3 is 2.58 bits per heavy atom. The smallest absolute Gasteiger partial charge is 0.276 e. The van der Waals surface area contributed by atoms with E-state index in [1.54, 1.807) is 36.4 Å². The van der Waals surface area contributed by atoms with Gasteiger partial charge in [-0.3, -0.25) is 9.59 Å². The van der Waals surface area contributed by atoms with Crippen molar-refractivity contribution in [3.8, 4) is 0 Å². The summed E-state index contributed by atoms with van der Waals surface area (Å²) in [6, 6.07) is 12.4. The minimum absolute atomic E-state index is 0.189. The second-order valence-corrected chi connectivity index (χ2v) is 6.80. The van der Waals surface area contributed by atoms with Crippen LogP contribution in [0.25, 0.3) is 10.8 Å². The van der Waals surface area contributed by atoms with Gasteiger partial charge in [-0.1, -0.05) is 38.1 Å². The fourth-order valence-corrected chi connectivity index (χ4v) is 2.83. The van der Waals surface area contributed by atoms with E-state index in [0.717, 1.165) is 5.56 Å². The molecule has 0 aliphatic heterocycles. The third-order valence-corrected chi connectivity index (χ3v) is 4.13. The number of rotatable bonds is 4. The first-order valence-corrected chi connectivity index (χ1v) is 8.54. The summed E-state index contributed by atoms with van der Waals surface area (Å²) in [5, 5.41) is 8.23. The van der Waals surface area contributed by atoms with Gasteiger partial charge in [0.2, 0.25) is 0 Å². The maximum atomic E-state index is 12.9. The van der Waals surface area contributed by atoms with Gasteiger partial charge in [0.25, 0.3) is 11.5 Å². The number of aryl methyl sites for hydroxylation is 1. The number of hydrogen-bond acceptors (Lipinski definition) is 4. The number of nitrogens with two attached hydrogens (primary N) is 1. The summed E-state index contributed by atoms with van der Waals surface area (Å²) in [6.07, 6.45) is 0. The van der Waals surface area contributed by atoms with E-state index in [9.17, 15) is 9.59 Å². The van der Waals surface area contributed by atoms with Crippen molar-refractivity contribution < 1.29 is 4.79 Å². The van der Waals surface area contributed by atoms with Crippen LogP contribution in [0.4, 0.5) is 11.4 Å². The largest absolute Gasteiger partial charge is 0.399 e. The van der Waals surface area contributed by atoms with Crippen molar-refractivity contribution in [2.24, 2.45) is 5.92 Å². The molecule has 0 atom stereocenters. The number of amides is 1. The Labute approximate surface area is 151 Å². The van der Waals surface area contributed by atoms with Gasteiger partial charge >= 0.3 is 0 Å². The van der Waals surface area contributed by atoms with Gasteiger partial charge in [0, 0.05) is 23.3 Å². The molecular weight excluding hydrogens is 328 g/mol. The number of anilines is 2. The summed E-state index contributed by atoms with van der Waals surface area (Å²) in [5.41, 5.74) is 7.94. The Balaban J connectivity index is 2.11. The summed E-state index contributed by atoms with van der Waals surface area (Å²) in [7, 11) is 0. The van der Waals surface area contributed by atoms with E-state index in [4.69, 9.17) is 5.73 Å². The average Bonchev–Trinajstić information content (AvgIpc) is 2.60. The number of benzene rings is 2. The zero-order valence-corrected chi connectivity index (χ0v) is 15.1. The molecule has 1 heterocycles. The van der Waals surface area contributed by atoms with Crippen molar-refractivity contribution in [1.29, 1.82) is 0 Å². The summed E-state index contributed by atoms with van der Waals surface area (Å²) in [4.78, 5) is 25.6. The predicted octanol–water partition coefficient (Wildman–Crippen LogP) is 3.20. The van der Waals surface area contributed by atoms with Crippen LogP contribution in [-0.2, 0) is 6.54 Å². The van der Waals surface area contributed by atoms with Gasteiger partial charge in [0.05, 0.1) is 5.39 Å². The van der Waals surface area contributed by atoms with E-state index in [2.05, 4.69) is 10.4 Å². The first-order valence-electron chi connectivity index (χ1n) is 8.54. The quantitative estimate of drug-likeness (QED) is 0.707. The van der Waals surface area contributed by atoms with Gasteiger partial charge in [-0.05, 0) is 36.6 Å². The van der Waals surface area contributed by atoms with Crippen LogP contribution in [0.1, 0.15) is 29.9 Å². The van der Waals surface area contributed by atoms with E-state index in [1.807, 2.05) is 26.8 Å². The van der Waals surface area contributed by atoms with Crippen molar-refractivity contribution in [3.05, 3.63) is 64.1 Å². The summed E-state index contributed by atoms with van der Waals surface area (Å²) < 4.78 is 1.37. The number of carbonyl (C=O) groups excluding carboxylic acids is 1. The van der Waals surface area contributed by atoms with E-state index >= 15 is 0 Å². The highest BCUT2D eigenvalue weighted by molar-refractivity contribution is 6.11. The second kappa shape index (κ2) is 7.00. The summed E-state index contributed by atoms with van der Waals surface area (Å²) in [5.74, 6) is -0.138. The van der Waals surface area contributed by atoms with Crippen LogP contribution in [0.15, 0.2) is 47.3 Å². The molecule has 0 saturated carbocycles. The van der Waals surface area contributed by atoms with Crippen LogP contribution in [0.5, 0.6) is 0 Å². The van der Waals surface area contributed by atoms with Crippen LogP contribution in [0.3, 0.4) is 0 Å². The maximum Gasteiger partial charge on any atom is 0.276 e. The molecule has 6 heteroatoms. The second-order valence-electron chi connectivity index (χ2n) is 6.80. The molecule has 1 amide bonds. The molecule has 0 radical (unpaired) electrons. The van der Waals surface area contributed by atoms with Crippen LogP contribution in [-0.4, -0.2) is 15.7 Å². The normalized spacial score (nSPS) is 11.1. The molecule has 3 aromatic rings. The highest BCUT2D eigenvalue weighted by atomic mass is 16.2. The standard InChI is InChI=1S/C20H22N4O2/c1-12(2)11-24-20(26)16-7-5-4-6-15(16)18(23-24)19(25)22-17-10-14(21)9-8-13(17)3/h4-10,12H,11,21H2,1-3H3,(H,22,25). The third-order valence-electron chi connectivity index (χ3n) is 4.13. The van der Waals surface area contributed by atoms with Crippen LogP contribution < -0.4 is 16.6 Å². The lowest BCUT2D eigenvalue weighted by atomic mass is 10.1. The Hall–Kier alpha value is -3.15. The predicted molar refractivity (Wildman–Crippen MR) is 104 cm³/mol. The molecule has 6 nitrogen and oxygen atoms in total. The first-order chi connectivity index (χ1) is 12.4. The molecular formula is C20H22N4O2. The number of hydrogen-bond donors (Lipinski definition) is 2. The molecule has 1 aromatic heterocycles. The lowest BCUT2D eigenvalue weighted by Crippen LogP contribution is -2.29. The van der Waals surface area contributed by atoms with Gasteiger partial charge in [-0.25, -0.2) is 4.68 Å². The van der Waals surface area contributed by atoms with Crippen molar-refractivity contribution in [2.75, 3.05) is 11.1 Å². The fraction of sp³-hybridized carbons (Fsp3) is 0.250. The Morgan fingerprint density at radius 2 is 1.88 bits per heavy atom. The summed E-state index contributed by atoms with van der Waals surface area (Å²) >= 11 is 0. The Kier molecular flexibility index (Phi) is 4.75. The van der Waals surface area contributed by atoms with Crippen molar-refractivity contribution >= 4 is 28.1 Å². The molecule has 3 rings (SSSR count). The molecule has 0 bridgehead atoms. The topological polar surface area (TPSA) is 90.0 Å². The summed E-state index contributed by atoms with van der Waals surface area (Å²) in [6.45, 7) is 6.33. The van der Waals surface area contributed by atoms with Crippen molar-refractivity contribution in [3.63, 3.8) is 0 Å². The molecule has 0 unspecified atom stereocenters. The van der Waals surface area contributed by atoms with E-state index < -0.39 is 0 Å². The van der Waals surface area contributed by atoms with Crippen molar-refractivity contribution in [1.82, 2.24) is 9.78 Å². The van der Waals surface area contributed by atoms with Gasteiger partial charge in [-0.15, -0.1) is 0 Å². The lowest BCUT2D eigenvalue weighted by molar-refractivity contribution is 0.102. The van der Waals surface area contributed by atoms with E-state index in [-0.39, 0.29) is 23.1 Å². The number of carbonyl (C=O) groups is 1. The highest BCUT2D eigenvalue weighted by Crippen LogP contribution is 2.20. The van der Waals surface area contributed by atoms with Gasteiger partial charge in [0.15, 0.2) is 5.69 Å². The van der Waals surface area contributed by atoms with Crippen LogP contribution in [0.2, 0.25) is 0 Å². The zero-order chi connectivity index (χ0) is 18.8. The van der Waals surface area contributed by atoms with Gasteiger partial charge in [-0.2, -0.15) is 5.10 Å². The minimum atomic E-state index is -0.368. The molecule has 26 heavy (non-hydrogen) atoms. The van der Waals surface area contributed by atoms with E-state index in [0.29, 0.717) is 28.7 Å². The minimum Gasteiger partial charge on any atom is -0.399 e. The number of nitrogens with one attached hydrogen (secondary N) is 1. The number of nitrogen functional groups attached to an aromatic ring is 1. The van der Waals surface area contributed by atoms with Crippen molar-refractivity contribution in [2.45, 2.75) is 27.3 Å². The molecule has 0 aliphatic rings. The van der Waals surface area contributed by atoms with Crippen LogP contribution >= 0.6 is 0 Å².